The van der Waals surface area contributed by atoms with Crippen LogP contribution < -0.4 is 10.1 Å². The molecule has 2 aromatic heterocycles. The average Bonchev–Trinajstić information content (AvgIpc) is 2.71. The molecule has 0 aliphatic rings. The Labute approximate surface area is 175 Å². The van der Waals surface area contributed by atoms with Crippen LogP contribution in [0, 0.1) is 0 Å². The predicted molar refractivity (Wildman–Crippen MR) is 114 cm³/mol. The Morgan fingerprint density at radius 2 is 1.79 bits per heavy atom. The number of hydrogen-bond donors (Lipinski definition) is 1. The van der Waals surface area contributed by atoms with E-state index in [-0.39, 0.29) is 0 Å². The van der Waals surface area contributed by atoms with Crippen LogP contribution in [0.1, 0.15) is 31.0 Å². The number of aromatic nitrogens is 3. The molecule has 0 saturated carbocycles. The summed E-state index contributed by atoms with van der Waals surface area (Å²) in [5.74, 6) is 1.92. The standard InChI is InChI=1S/C21H22Cl2N4O/c1-2-3-4-18-20(23)21(27-14-26-18)24-12-11-15-5-10-19(25-13-15)28-17-8-6-16(22)7-9-17/h5-10,13-14H,2-4,11-12H2,1H3,(H,24,26,27). The van der Waals surface area contributed by atoms with Gasteiger partial charge >= 0.3 is 0 Å². The van der Waals surface area contributed by atoms with Gasteiger partial charge in [-0.3, -0.25) is 0 Å². The third kappa shape index (κ3) is 5.81. The van der Waals surface area contributed by atoms with Gasteiger partial charge in [0.1, 0.15) is 22.9 Å². The monoisotopic (exact) mass is 416 g/mol. The maximum Gasteiger partial charge on any atom is 0.219 e. The Bertz CT molecular complexity index is 886. The van der Waals surface area contributed by atoms with Crippen molar-refractivity contribution in [2.75, 3.05) is 11.9 Å². The van der Waals surface area contributed by atoms with E-state index >= 15 is 0 Å². The van der Waals surface area contributed by atoms with Gasteiger partial charge in [0.05, 0.1) is 5.69 Å². The van der Waals surface area contributed by atoms with Crippen LogP contribution in [0.5, 0.6) is 11.6 Å². The molecule has 0 spiro atoms. The fourth-order valence-electron chi connectivity index (χ4n) is 2.62. The van der Waals surface area contributed by atoms with Gasteiger partial charge in [0.25, 0.3) is 0 Å². The molecule has 0 atom stereocenters. The molecular weight excluding hydrogens is 395 g/mol. The minimum atomic E-state index is 0.540. The Hall–Kier alpha value is -2.37. The zero-order valence-corrected chi connectivity index (χ0v) is 17.2. The van der Waals surface area contributed by atoms with Crippen LogP contribution in [0.25, 0.3) is 0 Å². The van der Waals surface area contributed by atoms with Crippen molar-refractivity contribution in [2.45, 2.75) is 32.6 Å². The van der Waals surface area contributed by atoms with Crippen LogP contribution >= 0.6 is 23.2 Å². The second-order valence-electron chi connectivity index (χ2n) is 6.32. The predicted octanol–water partition coefficient (Wildman–Crippen LogP) is 5.97. The lowest BCUT2D eigenvalue weighted by Gasteiger charge is -2.10. The molecule has 3 aromatic rings. The number of benzene rings is 1. The number of unbranched alkanes of at least 4 members (excludes halogenated alkanes) is 1. The van der Waals surface area contributed by atoms with E-state index in [0.29, 0.717) is 34.0 Å². The van der Waals surface area contributed by atoms with E-state index in [1.54, 1.807) is 24.7 Å². The summed E-state index contributed by atoms with van der Waals surface area (Å²) in [6.07, 6.45) is 7.19. The number of ether oxygens (including phenoxy) is 1. The first-order valence-corrected chi connectivity index (χ1v) is 10.0. The molecule has 0 aliphatic carbocycles. The van der Waals surface area contributed by atoms with Crippen molar-refractivity contribution in [2.24, 2.45) is 0 Å². The van der Waals surface area contributed by atoms with Crippen LogP contribution in [0.15, 0.2) is 48.9 Å². The molecule has 146 valence electrons. The molecule has 0 unspecified atom stereocenters. The maximum atomic E-state index is 6.41. The molecule has 0 saturated heterocycles. The topological polar surface area (TPSA) is 59.9 Å². The highest BCUT2D eigenvalue weighted by atomic mass is 35.5. The third-order valence-corrected chi connectivity index (χ3v) is 4.82. The van der Waals surface area contributed by atoms with E-state index in [1.807, 2.05) is 24.3 Å². The van der Waals surface area contributed by atoms with Gasteiger partial charge in [0.15, 0.2) is 0 Å². The molecule has 0 radical (unpaired) electrons. The van der Waals surface area contributed by atoms with Crippen molar-refractivity contribution in [1.29, 1.82) is 0 Å². The van der Waals surface area contributed by atoms with Crippen molar-refractivity contribution < 1.29 is 4.74 Å². The van der Waals surface area contributed by atoms with Gasteiger partial charge < -0.3 is 10.1 Å². The lowest BCUT2D eigenvalue weighted by molar-refractivity contribution is 0.462. The summed E-state index contributed by atoms with van der Waals surface area (Å²) in [4.78, 5) is 12.9. The number of hydrogen-bond acceptors (Lipinski definition) is 5. The van der Waals surface area contributed by atoms with Gasteiger partial charge in [-0.25, -0.2) is 15.0 Å². The summed E-state index contributed by atoms with van der Waals surface area (Å²) in [6, 6.07) is 11.0. The Morgan fingerprint density at radius 1 is 0.964 bits per heavy atom. The van der Waals surface area contributed by atoms with Gasteiger partial charge in [-0.2, -0.15) is 0 Å². The van der Waals surface area contributed by atoms with Crippen LogP contribution in [-0.2, 0) is 12.8 Å². The highest BCUT2D eigenvalue weighted by molar-refractivity contribution is 6.33. The third-order valence-electron chi connectivity index (χ3n) is 4.17. The van der Waals surface area contributed by atoms with E-state index < -0.39 is 0 Å². The fraction of sp³-hybridized carbons (Fsp3) is 0.286. The minimum Gasteiger partial charge on any atom is -0.439 e. The summed E-state index contributed by atoms with van der Waals surface area (Å²) in [5, 5.41) is 4.57. The quantitative estimate of drug-likeness (QED) is 0.465. The fourth-order valence-corrected chi connectivity index (χ4v) is 3.00. The molecule has 1 N–H and O–H groups in total. The molecule has 1 aromatic carbocycles. The highest BCUT2D eigenvalue weighted by Gasteiger charge is 2.08. The van der Waals surface area contributed by atoms with Crippen LogP contribution in [0.4, 0.5) is 5.82 Å². The van der Waals surface area contributed by atoms with E-state index in [9.17, 15) is 0 Å². The number of halogens is 2. The number of anilines is 1. The Kier molecular flexibility index (Phi) is 7.46. The zero-order chi connectivity index (χ0) is 19.8. The largest absolute Gasteiger partial charge is 0.439 e. The summed E-state index contributed by atoms with van der Waals surface area (Å²) in [7, 11) is 0. The molecular formula is C21H22Cl2N4O. The summed E-state index contributed by atoms with van der Waals surface area (Å²) in [6.45, 7) is 2.84. The van der Waals surface area contributed by atoms with Crippen LogP contribution in [0.2, 0.25) is 10.0 Å². The lowest BCUT2D eigenvalue weighted by atomic mass is 10.2. The Morgan fingerprint density at radius 3 is 2.50 bits per heavy atom. The number of aryl methyl sites for hydroxylation is 1. The minimum absolute atomic E-state index is 0.540. The number of nitrogens with one attached hydrogen (secondary N) is 1. The first-order chi connectivity index (χ1) is 13.7. The first kappa shape index (κ1) is 20.4. The van der Waals surface area contributed by atoms with Gasteiger partial charge in [-0.15, -0.1) is 0 Å². The van der Waals surface area contributed by atoms with Gasteiger partial charge in [0.2, 0.25) is 5.88 Å². The molecule has 3 rings (SSSR count). The van der Waals surface area contributed by atoms with Crippen LogP contribution in [0.3, 0.4) is 0 Å². The van der Waals surface area contributed by atoms with E-state index in [0.717, 1.165) is 36.9 Å². The summed E-state index contributed by atoms with van der Waals surface area (Å²) >= 11 is 12.3. The molecule has 0 fully saturated rings. The zero-order valence-electron chi connectivity index (χ0n) is 15.7. The van der Waals surface area contributed by atoms with Crippen molar-refractivity contribution in [3.05, 3.63) is 70.2 Å². The highest BCUT2D eigenvalue weighted by Crippen LogP contribution is 2.24. The maximum absolute atomic E-state index is 6.41. The molecule has 7 heteroatoms. The first-order valence-electron chi connectivity index (χ1n) is 9.27. The molecule has 0 bridgehead atoms. The Balaban J connectivity index is 1.52. The SMILES string of the molecule is CCCCc1ncnc(NCCc2ccc(Oc3ccc(Cl)cc3)nc2)c1Cl. The number of nitrogens with zero attached hydrogens (tertiary/aromatic N) is 3. The van der Waals surface area contributed by atoms with E-state index in [4.69, 9.17) is 27.9 Å². The summed E-state index contributed by atoms with van der Waals surface area (Å²) in [5.41, 5.74) is 1.98. The number of rotatable bonds is 9. The van der Waals surface area contributed by atoms with Crippen molar-refractivity contribution in [3.63, 3.8) is 0 Å². The second kappa shape index (κ2) is 10.2. The van der Waals surface area contributed by atoms with Crippen molar-refractivity contribution >= 4 is 29.0 Å². The molecule has 0 amide bonds. The molecule has 0 aliphatic heterocycles. The molecule has 28 heavy (non-hydrogen) atoms. The molecule has 5 nitrogen and oxygen atoms in total. The lowest BCUT2D eigenvalue weighted by Crippen LogP contribution is -2.08. The van der Waals surface area contributed by atoms with Gasteiger partial charge in [-0.05, 0) is 49.1 Å². The van der Waals surface area contributed by atoms with Gasteiger partial charge in [0, 0.05) is 23.8 Å². The van der Waals surface area contributed by atoms with E-state index in [1.165, 1.54) is 0 Å². The molecule has 2 heterocycles. The second-order valence-corrected chi connectivity index (χ2v) is 7.14. The van der Waals surface area contributed by atoms with Crippen LogP contribution in [-0.4, -0.2) is 21.5 Å². The van der Waals surface area contributed by atoms with Gasteiger partial charge in [-0.1, -0.05) is 42.6 Å². The van der Waals surface area contributed by atoms with Crippen molar-refractivity contribution in [1.82, 2.24) is 15.0 Å². The number of pyridine rings is 1. The smallest absolute Gasteiger partial charge is 0.219 e. The van der Waals surface area contributed by atoms with Crippen molar-refractivity contribution in [3.8, 4) is 11.6 Å². The normalized spacial score (nSPS) is 10.7. The van der Waals surface area contributed by atoms with E-state index in [2.05, 4.69) is 27.2 Å². The summed E-state index contributed by atoms with van der Waals surface area (Å²) < 4.78 is 5.70. The average molecular weight is 417 g/mol.